The summed E-state index contributed by atoms with van der Waals surface area (Å²) in [6, 6.07) is 10.4. The summed E-state index contributed by atoms with van der Waals surface area (Å²) >= 11 is 0. The van der Waals surface area contributed by atoms with E-state index in [1.807, 2.05) is 18.2 Å². The van der Waals surface area contributed by atoms with Gasteiger partial charge in [-0.05, 0) is 12.0 Å². The molecule has 0 radical (unpaired) electrons. The Morgan fingerprint density at radius 1 is 1.30 bits per heavy atom. The van der Waals surface area contributed by atoms with Gasteiger partial charge in [-0.2, -0.15) is 0 Å². The third kappa shape index (κ3) is 3.41. The average Bonchev–Trinajstić information content (AvgIpc) is 3.45. The average molecular weight is 368 g/mol. The molecule has 1 spiro atoms. The monoisotopic (exact) mass is 368 g/mol. The number of carbonyl (C=O) groups is 2. The number of allylic oxidation sites excluding steroid dienone is 2. The van der Waals surface area contributed by atoms with E-state index in [1.165, 1.54) is 5.56 Å². The lowest BCUT2D eigenvalue weighted by Crippen LogP contribution is -2.53. The first kappa shape index (κ1) is 17.6. The highest BCUT2D eigenvalue weighted by Gasteiger charge is 2.45. The van der Waals surface area contributed by atoms with E-state index in [-0.39, 0.29) is 35.7 Å². The molecular formula is C20H24N4O3. The minimum Gasteiger partial charge on any atom is -0.483 e. The third-order valence-corrected chi connectivity index (χ3v) is 5.80. The quantitative estimate of drug-likeness (QED) is 0.708. The van der Waals surface area contributed by atoms with E-state index >= 15 is 0 Å². The van der Waals surface area contributed by atoms with Crippen molar-refractivity contribution in [3.05, 3.63) is 47.4 Å². The normalized spacial score (nSPS) is 26.5. The zero-order valence-corrected chi connectivity index (χ0v) is 15.1. The van der Waals surface area contributed by atoms with Crippen LogP contribution >= 0.6 is 0 Å². The number of benzene rings is 1. The van der Waals surface area contributed by atoms with E-state index in [9.17, 15) is 9.59 Å². The molecule has 2 atom stereocenters. The lowest BCUT2D eigenvalue weighted by molar-refractivity contribution is -0.127. The summed E-state index contributed by atoms with van der Waals surface area (Å²) < 4.78 is 5.88. The van der Waals surface area contributed by atoms with Crippen LogP contribution in [0.2, 0.25) is 0 Å². The van der Waals surface area contributed by atoms with Crippen molar-refractivity contribution < 1.29 is 14.3 Å². The van der Waals surface area contributed by atoms with Gasteiger partial charge in [-0.3, -0.25) is 4.79 Å². The second-order valence-corrected chi connectivity index (χ2v) is 7.60. The Bertz CT molecular complexity index is 797. The number of urea groups is 1. The molecule has 4 rings (SSSR count). The number of nitrogens with zero attached hydrogens (tertiary/aromatic N) is 1. The molecule has 1 saturated heterocycles. The smallest absolute Gasteiger partial charge is 0.317 e. The van der Waals surface area contributed by atoms with Crippen molar-refractivity contribution in [3.8, 4) is 0 Å². The van der Waals surface area contributed by atoms with Gasteiger partial charge >= 0.3 is 6.03 Å². The van der Waals surface area contributed by atoms with Crippen LogP contribution in [0.3, 0.4) is 0 Å². The van der Waals surface area contributed by atoms with Crippen molar-refractivity contribution in [2.24, 2.45) is 5.73 Å². The summed E-state index contributed by atoms with van der Waals surface area (Å²) in [4.78, 5) is 26.5. The third-order valence-electron chi connectivity index (χ3n) is 5.80. The summed E-state index contributed by atoms with van der Waals surface area (Å²) in [5.41, 5.74) is 6.34. The number of nitrogens with one attached hydrogen (secondary N) is 2. The lowest BCUT2D eigenvalue weighted by Gasteiger charge is -2.43. The van der Waals surface area contributed by atoms with Gasteiger partial charge in [0.15, 0.2) is 11.5 Å². The van der Waals surface area contributed by atoms with Gasteiger partial charge in [0.05, 0.1) is 12.6 Å². The van der Waals surface area contributed by atoms with Gasteiger partial charge in [-0.15, -0.1) is 0 Å². The van der Waals surface area contributed by atoms with Gasteiger partial charge in [0.25, 0.3) is 0 Å². The van der Waals surface area contributed by atoms with Crippen LogP contribution in [0.1, 0.15) is 37.2 Å². The van der Waals surface area contributed by atoms with Crippen molar-refractivity contribution in [1.82, 2.24) is 10.2 Å². The largest absolute Gasteiger partial charge is 0.483 e. The maximum Gasteiger partial charge on any atom is 0.317 e. The second kappa shape index (κ2) is 6.72. The fourth-order valence-electron chi connectivity index (χ4n) is 4.03. The van der Waals surface area contributed by atoms with E-state index in [0.717, 1.165) is 12.6 Å². The fraction of sp³-hybridized carbons (Fsp3) is 0.450. The van der Waals surface area contributed by atoms with E-state index in [1.54, 1.807) is 4.90 Å². The minimum atomic E-state index is -0.643. The summed E-state index contributed by atoms with van der Waals surface area (Å²) in [7, 11) is 0. The Kier molecular flexibility index (Phi) is 4.37. The van der Waals surface area contributed by atoms with Gasteiger partial charge < -0.3 is 26.1 Å². The Hall–Kier alpha value is -2.83. The van der Waals surface area contributed by atoms with Crippen LogP contribution in [0.4, 0.5) is 4.79 Å². The molecule has 27 heavy (non-hydrogen) atoms. The van der Waals surface area contributed by atoms with Gasteiger partial charge in [-0.25, -0.2) is 4.79 Å². The van der Waals surface area contributed by atoms with Crippen molar-refractivity contribution in [2.75, 3.05) is 13.1 Å². The van der Waals surface area contributed by atoms with Crippen LogP contribution < -0.4 is 11.1 Å². The number of rotatable bonds is 3. The Labute approximate surface area is 158 Å². The van der Waals surface area contributed by atoms with Gasteiger partial charge in [0.2, 0.25) is 0 Å². The summed E-state index contributed by atoms with van der Waals surface area (Å²) in [5, 5.41) is 10.5. The molecule has 4 N–H and O–H groups in total. The maximum atomic E-state index is 12.6. The minimum absolute atomic E-state index is 0.0245. The molecule has 3 aliphatic rings. The van der Waals surface area contributed by atoms with Crippen LogP contribution in [0.25, 0.3) is 0 Å². The highest BCUT2D eigenvalue weighted by molar-refractivity contribution is 6.00. The maximum absolute atomic E-state index is 12.6. The van der Waals surface area contributed by atoms with Crippen LogP contribution in [0.15, 0.2) is 41.8 Å². The molecule has 0 bridgehead atoms. The molecule has 2 amide bonds. The van der Waals surface area contributed by atoms with Gasteiger partial charge in [-0.1, -0.05) is 30.3 Å². The molecule has 2 fully saturated rings. The Morgan fingerprint density at radius 2 is 2.00 bits per heavy atom. The number of carbonyl (C=O) groups excluding carboxylic acids is 2. The van der Waals surface area contributed by atoms with Gasteiger partial charge in [0.1, 0.15) is 11.3 Å². The standard InChI is InChI=1S/C20H24N4O3/c21-12-17-18(22)16(25)11-20(27-17)6-8-24(9-7-20)19(26)23-15-10-14(15)13-4-2-1-3-5-13/h1-5,12,14-15,21H,6-11,22H2,(H,23,26). The van der Waals surface area contributed by atoms with Crippen molar-refractivity contribution in [1.29, 1.82) is 5.41 Å². The number of hydrogen-bond acceptors (Lipinski definition) is 5. The van der Waals surface area contributed by atoms with E-state index in [2.05, 4.69) is 17.4 Å². The summed E-state index contributed by atoms with van der Waals surface area (Å²) in [5.74, 6) is 0.364. The van der Waals surface area contributed by atoms with E-state index in [0.29, 0.717) is 31.8 Å². The molecule has 2 heterocycles. The number of Topliss-reactive ketones (excluding diaryl/α,β-unsaturated/α-hetero) is 1. The number of ether oxygens (including phenoxy) is 1. The molecule has 1 aromatic carbocycles. The van der Waals surface area contributed by atoms with E-state index in [4.69, 9.17) is 15.9 Å². The SMILES string of the molecule is N=CC1=C(N)C(=O)CC2(CCN(C(=O)NC3CC3c3ccccc3)CC2)O1. The van der Waals surface area contributed by atoms with Crippen LogP contribution in [-0.4, -0.2) is 47.7 Å². The topological polar surface area (TPSA) is 109 Å². The highest BCUT2D eigenvalue weighted by atomic mass is 16.5. The predicted molar refractivity (Wildman–Crippen MR) is 100 cm³/mol. The highest BCUT2D eigenvalue weighted by Crippen LogP contribution is 2.41. The molecule has 2 unspecified atom stereocenters. The number of nitrogens with two attached hydrogens (primary N) is 1. The zero-order chi connectivity index (χ0) is 19.0. The van der Waals surface area contributed by atoms with E-state index < -0.39 is 5.60 Å². The van der Waals surface area contributed by atoms with Crippen LogP contribution in [0.5, 0.6) is 0 Å². The fourth-order valence-corrected chi connectivity index (χ4v) is 4.03. The zero-order valence-electron chi connectivity index (χ0n) is 15.1. The first-order chi connectivity index (χ1) is 13.0. The second-order valence-electron chi connectivity index (χ2n) is 7.60. The first-order valence-corrected chi connectivity index (χ1v) is 9.34. The Balaban J connectivity index is 1.32. The molecule has 1 aromatic rings. The number of hydrogen-bond donors (Lipinski definition) is 3. The summed E-state index contributed by atoms with van der Waals surface area (Å²) in [6.45, 7) is 1.04. The molecule has 1 aliphatic carbocycles. The number of ketones is 1. The first-order valence-electron chi connectivity index (χ1n) is 9.34. The number of amides is 2. The summed E-state index contributed by atoms with van der Waals surface area (Å²) in [6.07, 6.45) is 3.29. The predicted octanol–water partition coefficient (Wildman–Crippen LogP) is 1.90. The molecule has 7 nitrogen and oxygen atoms in total. The lowest BCUT2D eigenvalue weighted by atomic mass is 9.84. The molecular weight excluding hydrogens is 344 g/mol. The number of likely N-dealkylation sites (tertiary alicyclic amines) is 1. The van der Waals surface area contributed by atoms with Crippen molar-refractivity contribution >= 4 is 18.0 Å². The van der Waals surface area contributed by atoms with Gasteiger partial charge in [0, 0.05) is 37.9 Å². The van der Waals surface area contributed by atoms with Crippen LogP contribution in [-0.2, 0) is 9.53 Å². The molecule has 2 aliphatic heterocycles. The molecule has 0 aromatic heterocycles. The molecule has 142 valence electrons. The molecule has 7 heteroatoms. The number of piperidine rings is 1. The van der Waals surface area contributed by atoms with Crippen LogP contribution in [0, 0.1) is 5.41 Å². The molecule has 1 saturated carbocycles. The van der Waals surface area contributed by atoms with Crippen molar-refractivity contribution in [2.45, 2.75) is 43.2 Å². The van der Waals surface area contributed by atoms with Crippen molar-refractivity contribution in [3.63, 3.8) is 0 Å². The Morgan fingerprint density at radius 3 is 2.67 bits per heavy atom.